The van der Waals surface area contributed by atoms with Crippen LogP contribution in [0.15, 0.2) is 36.9 Å². The highest BCUT2D eigenvalue weighted by Gasteiger charge is 2.10. The average molecular weight is 263 g/mol. The van der Waals surface area contributed by atoms with Gasteiger partial charge in [-0.1, -0.05) is 38.0 Å². The van der Waals surface area contributed by atoms with Crippen molar-refractivity contribution in [2.45, 2.75) is 51.5 Å². The second-order valence-electron chi connectivity index (χ2n) is 4.98. The van der Waals surface area contributed by atoms with E-state index in [9.17, 15) is 4.39 Å². The Labute approximate surface area is 116 Å². The number of hydrogen-bond acceptors (Lipinski definition) is 1. The molecule has 0 aliphatic rings. The minimum absolute atomic E-state index is 0.163. The lowest BCUT2D eigenvalue weighted by molar-refractivity contribution is 0.471. The Hall–Kier alpha value is -1.15. The van der Waals surface area contributed by atoms with Crippen molar-refractivity contribution in [1.82, 2.24) is 5.32 Å². The van der Waals surface area contributed by atoms with Gasteiger partial charge in [0.1, 0.15) is 5.82 Å². The molecule has 0 aromatic heterocycles. The molecule has 0 saturated heterocycles. The molecule has 1 unspecified atom stereocenters. The van der Waals surface area contributed by atoms with Crippen LogP contribution in [0.4, 0.5) is 4.39 Å². The van der Waals surface area contributed by atoms with Gasteiger partial charge in [-0.15, -0.1) is 6.58 Å². The van der Waals surface area contributed by atoms with Gasteiger partial charge in [0.25, 0.3) is 0 Å². The Morgan fingerprint density at radius 3 is 2.58 bits per heavy atom. The molecule has 0 heterocycles. The molecule has 1 aromatic carbocycles. The van der Waals surface area contributed by atoms with Gasteiger partial charge in [0.05, 0.1) is 0 Å². The molecule has 0 radical (unpaired) electrons. The molecule has 2 heteroatoms. The fourth-order valence-electron chi connectivity index (χ4n) is 2.21. The molecule has 1 rings (SSSR count). The highest BCUT2D eigenvalue weighted by molar-refractivity contribution is 5.19. The molecule has 0 aliphatic carbocycles. The maximum Gasteiger partial charge on any atom is 0.123 e. The first-order chi connectivity index (χ1) is 9.27. The summed E-state index contributed by atoms with van der Waals surface area (Å²) >= 11 is 0. The molecule has 0 spiro atoms. The van der Waals surface area contributed by atoms with Gasteiger partial charge in [0, 0.05) is 6.04 Å². The first-order valence-corrected chi connectivity index (χ1v) is 7.37. The van der Waals surface area contributed by atoms with Gasteiger partial charge in [-0.3, -0.25) is 0 Å². The van der Waals surface area contributed by atoms with E-state index in [1.807, 2.05) is 18.2 Å². The van der Waals surface area contributed by atoms with Crippen LogP contribution in [0.1, 0.15) is 57.1 Å². The zero-order valence-corrected chi connectivity index (χ0v) is 12.0. The number of benzene rings is 1. The van der Waals surface area contributed by atoms with Crippen LogP contribution in [0.3, 0.4) is 0 Å². The van der Waals surface area contributed by atoms with Gasteiger partial charge in [-0.2, -0.15) is 0 Å². The lowest BCUT2D eigenvalue weighted by atomic mass is 9.99. The third-order valence-corrected chi connectivity index (χ3v) is 3.31. The second kappa shape index (κ2) is 9.74. The molecule has 0 bridgehead atoms. The van der Waals surface area contributed by atoms with E-state index in [4.69, 9.17) is 0 Å². The minimum Gasteiger partial charge on any atom is -0.310 e. The monoisotopic (exact) mass is 263 g/mol. The third-order valence-electron chi connectivity index (χ3n) is 3.31. The van der Waals surface area contributed by atoms with Crippen LogP contribution < -0.4 is 5.32 Å². The van der Waals surface area contributed by atoms with Crippen LogP contribution in [-0.4, -0.2) is 6.54 Å². The lowest BCUT2D eigenvalue weighted by Crippen LogP contribution is -2.22. The Morgan fingerprint density at radius 2 is 1.95 bits per heavy atom. The maximum atomic E-state index is 13.0. The summed E-state index contributed by atoms with van der Waals surface area (Å²) in [5, 5.41) is 3.55. The molecule has 1 aromatic rings. The molecule has 0 aliphatic heterocycles. The number of allylic oxidation sites excluding steroid dienone is 1. The quantitative estimate of drug-likeness (QED) is 0.462. The fourth-order valence-corrected chi connectivity index (χ4v) is 2.21. The molecule has 1 nitrogen and oxygen atoms in total. The largest absolute Gasteiger partial charge is 0.310 e. The molecular weight excluding hydrogens is 237 g/mol. The lowest BCUT2D eigenvalue weighted by Gasteiger charge is -2.19. The van der Waals surface area contributed by atoms with E-state index >= 15 is 0 Å². The van der Waals surface area contributed by atoms with Crippen LogP contribution in [-0.2, 0) is 0 Å². The van der Waals surface area contributed by atoms with E-state index in [0.717, 1.165) is 25.8 Å². The van der Waals surface area contributed by atoms with Gasteiger partial charge in [0.2, 0.25) is 0 Å². The minimum atomic E-state index is -0.163. The van der Waals surface area contributed by atoms with E-state index < -0.39 is 0 Å². The predicted molar refractivity (Wildman–Crippen MR) is 80.7 cm³/mol. The van der Waals surface area contributed by atoms with Crippen molar-refractivity contribution in [1.29, 1.82) is 0 Å². The molecule has 0 amide bonds. The predicted octanol–water partition coefficient (Wildman–Crippen LogP) is 5.00. The van der Waals surface area contributed by atoms with Gasteiger partial charge in [0.15, 0.2) is 0 Å². The number of nitrogens with one attached hydrogen (secondary N) is 1. The van der Waals surface area contributed by atoms with Crippen molar-refractivity contribution in [2.24, 2.45) is 0 Å². The zero-order chi connectivity index (χ0) is 13.9. The first-order valence-electron chi connectivity index (χ1n) is 7.37. The summed E-state index contributed by atoms with van der Waals surface area (Å²) in [6.45, 7) is 6.92. The van der Waals surface area contributed by atoms with Crippen molar-refractivity contribution in [2.75, 3.05) is 6.54 Å². The Morgan fingerprint density at radius 1 is 1.21 bits per heavy atom. The summed E-state index contributed by atoms with van der Waals surface area (Å²) in [5.41, 5.74) is 1.19. The van der Waals surface area contributed by atoms with Gasteiger partial charge in [-0.05, 0) is 49.9 Å². The Bertz CT molecular complexity index is 345. The highest BCUT2D eigenvalue weighted by Crippen LogP contribution is 2.20. The van der Waals surface area contributed by atoms with Crippen LogP contribution in [0.5, 0.6) is 0 Å². The van der Waals surface area contributed by atoms with E-state index in [1.54, 1.807) is 12.1 Å². The number of hydrogen-bond donors (Lipinski definition) is 1. The van der Waals surface area contributed by atoms with E-state index in [2.05, 4.69) is 18.8 Å². The summed E-state index contributed by atoms with van der Waals surface area (Å²) in [5.74, 6) is -0.163. The topological polar surface area (TPSA) is 12.0 Å². The summed E-state index contributed by atoms with van der Waals surface area (Å²) < 4.78 is 13.0. The molecular formula is C17H26FN. The third kappa shape index (κ3) is 6.53. The van der Waals surface area contributed by atoms with Crippen LogP contribution in [0.25, 0.3) is 0 Å². The van der Waals surface area contributed by atoms with Crippen LogP contribution in [0, 0.1) is 5.82 Å². The maximum absolute atomic E-state index is 13.0. The molecule has 1 N–H and O–H groups in total. The van der Waals surface area contributed by atoms with Crippen molar-refractivity contribution in [3.05, 3.63) is 48.3 Å². The molecule has 0 fully saturated rings. The second-order valence-corrected chi connectivity index (χ2v) is 4.98. The highest BCUT2D eigenvalue weighted by atomic mass is 19.1. The average Bonchev–Trinajstić information content (AvgIpc) is 2.43. The SMILES string of the molecule is C=CCCCCCC(NCCC)c1ccc(F)cc1. The zero-order valence-electron chi connectivity index (χ0n) is 12.0. The summed E-state index contributed by atoms with van der Waals surface area (Å²) in [4.78, 5) is 0. The molecule has 106 valence electrons. The van der Waals surface area contributed by atoms with Gasteiger partial charge >= 0.3 is 0 Å². The van der Waals surface area contributed by atoms with E-state index in [0.29, 0.717) is 6.04 Å². The van der Waals surface area contributed by atoms with Crippen molar-refractivity contribution >= 4 is 0 Å². The first kappa shape index (κ1) is 15.9. The normalized spacial score (nSPS) is 12.3. The van der Waals surface area contributed by atoms with Crippen molar-refractivity contribution in [3.63, 3.8) is 0 Å². The summed E-state index contributed by atoms with van der Waals surface area (Å²) in [6, 6.07) is 7.24. The van der Waals surface area contributed by atoms with E-state index in [1.165, 1.54) is 24.8 Å². The van der Waals surface area contributed by atoms with Gasteiger partial charge < -0.3 is 5.32 Å². The molecule has 0 saturated carbocycles. The Balaban J connectivity index is 2.46. The number of rotatable bonds is 10. The number of halogens is 1. The smallest absolute Gasteiger partial charge is 0.123 e. The Kier molecular flexibility index (Phi) is 8.15. The van der Waals surface area contributed by atoms with E-state index in [-0.39, 0.29) is 5.82 Å². The van der Waals surface area contributed by atoms with Crippen LogP contribution >= 0.6 is 0 Å². The van der Waals surface area contributed by atoms with Crippen molar-refractivity contribution < 1.29 is 4.39 Å². The van der Waals surface area contributed by atoms with Crippen LogP contribution in [0.2, 0.25) is 0 Å². The molecule has 19 heavy (non-hydrogen) atoms. The van der Waals surface area contributed by atoms with Crippen molar-refractivity contribution in [3.8, 4) is 0 Å². The molecule has 1 atom stereocenters. The summed E-state index contributed by atoms with van der Waals surface area (Å²) in [7, 11) is 0. The van der Waals surface area contributed by atoms with Gasteiger partial charge in [-0.25, -0.2) is 4.39 Å². The number of unbranched alkanes of at least 4 members (excludes halogenated alkanes) is 3. The summed E-state index contributed by atoms with van der Waals surface area (Å²) in [6.07, 6.45) is 8.96. The standard InChI is InChI=1S/C17H26FN/c1-3-5-6-7-8-9-17(19-14-4-2)15-10-12-16(18)13-11-15/h3,10-13,17,19H,1,4-9,14H2,2H3. The fraction of sp³-hybridized carbons (Fsp3) is 0.529.